The van der Waals surface area contributed by atoms with Gasteiger partial charge in [-0.3, -0.25) is 4.79 Å². The second-order valence-corrected chi connectivity index (χ2v) is 6.16. The number of ether oxygens (including phenoxy) is 3. The maximum absolute atomic E-state index is 12.0. The minimum atomic E-state index is -0.159. The van der Waals surface area contributed by atoms with Crippen LogP contribution in [0, 0.1) is 12.8 Å². The lowest BCUT2D eigenvalue weighted by Crippen LogP contribution is -2.25. The van der Waals surface area contributed by atoms with Crippen LogP contribution in [0.2, 0.25) is 0 Å². The quantitative estimate of drug-likeness (QED) is 0.794. The average Bonchev–Trinajstić information content (AvgIpc) is 2.52. The van der Waals surface area contributed by atoms with Gasteiger partial charge in [-0.05, 0) is 42.7 Å². The molecule has 1 aromatic rings. The van der Waals surface area contributed by atoms with Gasteiger partial charge >= 0.3 is 5.97 Å². The number of carbonyl (C=O) groups is 1. The molecule has 0 saturated heterocycles. The summed E-state index contributed by atoms with van der Waals surface area (Å²) in [5.74, 6) is 1.84. The van der Waals surface area contributed by atoms with E-state index in [2.05, 4.69) is 13.0 Å². The van der Waals surface area contributed by atoms with Crippen molar-refractivity contribution >= 4 is 5.97 Å². The third-order valence-corrected chi connectivity index (χ3v) is 4.88. The lowest BCUT2D eigenvalue weighted by Gasteiger charge is -2.34. The molecule has 122 valence electrons. The molecule has 3 atom stereocenters. The molecule has 0 bridgehead atoms. The predicted octanol–water partition coefficient (Wildman–Crippen LogP) is 3.80. The van der Waals surface area contributed by atoms with Crippen LogP contribution in [-0.2, 0) is 9.53 Å². The molecule has 0 aliphatic heterocycles. The fraction of sp³-hybridized carbons (Fsp3) is 0.611. The Hall–Kier alpha value is -1.71. The first-order valence-electron chi connectivity index (χ1n) is 7.79. The van der Waals surface area contributed by atoms with Crippen LogP contribution in [0.3, 0.4) is 0 Å². The summed E-state index contributed by atoms with van der Waals surface area (Å²) in [5.41, 5.74) is 3.41. The Bertz CT molecular complexity index is 565. The number of hydrogen-bond donors (Lipinski definition) is 0. The van der Waals surface area contributed by atoms with Crippen molar-refractivity contribution in [2.24, 2.45) is 5.92 Å². The van der Waals surface area contributed by atoms with Gasteiger partial charge in [0, 0.05) is 5.56 Å². The zero-order valence-electron chi connectivity index (χ0n) is 14.4. The molecule has 0 fully saturated rings. The Labute approximate surface area is 132 Å². The molecule has 0 spiro atoms. The van der Waals surface area contributed by atoms with Crippen molar-refractivity contribution in [2.75, 3.05) is 21.3 Å². The Morgan fingerprint density at radius 3 is 2.36 bits per heavy atom. The number of hydrogen-bond acceptors (Lipinski definition) is 4. The van der Waals surface area contributed by atoms with E-state index in [1.807, 2.05) is 13.8 Å². The highest BCUT2D eigenvalue weighted by Crippen LogP contribution is 2.50. The standard InChI is InChI=1S/C18H26O4/c1-10-7-8-13(12(3)18(19)22-6)14-9-11(2)16(20-4)17(21-5)15(10)14/h9-10,12-13H,7-8H2,1-6H3/t10-,12-,13-/m1/s1. The van der Waals surface area contributed by atoms with Crippen LogP contribution in [0.4, 0.5) is 0 Å². The van der Waals surface area contributed by atoms with Gasteiger partial charge in [0.2, 0.25) is 0 Å². The number of rotatable bonds is 4. The second-order valence-electron chi connectivity index (χ2n) is 6.16. The van der Waals surface area contributed by atoms with E-state index < -0.39 is 0 Å². The fourth-order valence-electron chi connectivity index (χ4n) is 3.68. The van der Waals surface area contributed by atoms with Crippen molar-refractivity contribution in [3.05, 3.63) is 22.8 Å². The van der Waals surface area contributed by atoms with Crippen LogP contribution >= 0.6 is 0 Å². The first-order chi connectivity index (χ1) is 10.5. The number of fused-ring (bicyclic) bond motifs is 1. The van der Waals surface area contributed by atoms with Gasteiger partial charge in [-0.2, -0.15) is 0 Å². The van der Waals surface area contributed by atoms with Gasteiger partial charge in [-0.15, -0.1) is 0 Å². The van der Waals surface area contributed by atoms with Gasteiger partial charge in [0.1, 0.15) is 0 Å². The van der Waals surface area contributed by atoms with Gasteiger partial charge < -0.3 is 14.2 Å². The van der Waals surface area contributed by atoms with Crippen LogP contribution in [-0.4, -0.2) is 27.3 Å². The molecule has 0 N–H and O–H groups in total. The predicted molar refractivity (Wildman–Crippen MR) is 85.9 cm³/mol. The van der Waals surface area contributed by atoms with Crippen LogP contribution in [0.5, 0.6) is 11.5 Å². The third kappa shape index (κ3) is 2.67. The minimum absolute atomic E-state index is 0.155. The Morgan fingerprint density at radius 2 is 1.82 bits per heavy atom. The summed E-state index contributed by atoms with van der Waals surface area (Å²) in [7, 11) is 4.79. The van der Waals surface area contributed by atoms with Gasteiger partial charge in [-0.1, -0.05) is 19.9 Å². The number of carbonyl (C=O) groups excluding carboxylic acids is 1. The van der Waals surface area contributed by atoms with E-state index in [0.717, 1.165) is 29.9 Å². The van der Waals surface area contributed by atoms with E-state index in [1.165, 1.54) is 18.2 Å². The molecule has 0 saturated carbocycles. The highest BCUT2D eigenvalue weighted by molar-refractivity contribution is 5.74. The van der Waals surface area contributed by atoms with Crippen molar-refractivity contribution in [2.45, 2.75) is 45.4 Å². The van der Waals surface area contributed by atoms with Crippen molar-refractivity contribution in [1.29, 1.82) is 0 Å². The molecule has 1 aliphatic rings. The summed E-state index contributed by atoms with van der Waals surface area (Å²) in [6, 6.07) is 2.15. The van der Waals surface area contributed by atoms with E-state index in [0.29, 0.717) is 5.92 Å². The van der Waals surface area contributed by atoms with Crippen molar-refractivity contribution < 1.29 is 19.0 Å². The molecule has 1 aromatic carbocycles. The fourth-order valence-corrected chi connectivity index (χ4v) is 3.68. The number of aryl methyl sites for hydroxylation is 1. The van der Waals surface area contributed by atoms with E-state index in [1.54, 1.807) is 14.2 Å². The van der Waals surface area contributed by atoms with Gasteiger partial charge in [-0.25, -0.2) is 0 Å². The molecule has 1 aliphatic carbocycles. The molecule has 0 radical (unpaired) electrons. The lowest BCUT2D eigenvalue weighted by atomic mass is 9.71. The van der Waals surface area contributed by atoms with Gasteiger partial charge in [0.15, 0.2) is 11.5 Å². The number of esters is 1. The summed E-state index contributed by atoms with van der Waals surface area (Å²) in [6.07, 6.45) is 2.01. The molecular weight excluding hydrogens is 280 g/mol. The second kappa shape index (κ2) is 6.59. The lowest BCUT2D eigenvalue weighted by molar-refractivity contribution is -0.145. The molecule has 0 aromatic heterocycles. The molecule has 2 rings (SSSR count). The molecule has 0 unspecified atom stereocenters. The Kier molecular flexibility index (Phi) is 4.99. The van der Waals surface area contributed by atoms with Crippen LogP contribution in [0.15, 0.2) is 6.07 Å². The van der Waals surface area contributed by atoms with Crippen LogP contribution in [0.1, 0.15) is 55.2 Å². The molecule has 4 heteroatoms. The van der Waals surface area contributed by atoms with E-state index >= 15 is 0 Å². The normalized spacial score (nSPS) is 21.7. The number of methoxy groups -OCH3 is 3. The SMILES string of the molecule is COC(=O)[C@H](C)[C@H]1CC[C@@H](C)c2c1cc(C)c(OC)c2OC. The largest absolute Gasteiger partial charge is 0.493 e. The summed E-state index contributed by atoms with van der Waals surface area (Å²) >= 11 is 0. The topological polar surface area (TPSA) is 44.8 Å². The number of benzene rings is 1. The zero-order chi connectivity index (χ0) is 16.4. The Morgan fingerprint density at radius 1 is 1.18 bits per heavy atom. The third-order valence-electron chi connectivity index (χ3n) is 4.88. The molecule has 22 heavy (non-hydrogen) atoms. The summed E-state index contributed by atoms with van der Waals surface area (Å²) in [5, 5.41) is 0. The average molecular weight is 306 g/mol. The first kappa shape index (κ1) is 16.7. The van der Waals surface area contributed by atoms with E-state index in [9.17, 15) is 4.79 Å². The zero-order valence-corrected chi connectivity index (χ0v) is 14.4. The smallest absolute Gasteiger partial charge is 0.308 e. The van der Waals surface area contributed by atoms with Gasteiger partial charge in [0.25, 0.3) is 0 Å². The Balaban J connectivity index is 2.60. The highest BCUT2D eigenvalue weighted by atomic mass is 16.5. The summed E-state index contributed by atoms with van der Waals surface area (Å²) in [6.45, 7) is 6.16. The molecular formula is C18H26O4. The maximum atomic E-state index is 12.0. The summed E-state index contributed by atoms with van der Waals surface area (Å²) < 4.78 is 16.1. The van der Waals surface area contributed by atoms with Crippen molar-refractivity contribution in [1.82, 2.24) is 0 Å². The molecule has 0 amide bonds. The molecule has 0 heterocycles. The first-order valence-corrected chi connectivity index (χ1v) is 7.79. The van der Waals surface area contributed by atoms with E-state index in [-0.39, 0.29) is 17.8 Å². The molecule has 4 nitrogen and oxygen atoms in total. The van der Waals surface area contributed by atoms with Gasteiger partial charge in [0.05, 0.1) is 27.2 Å². The monoisotopic (exact) mass is 306 g/mol. The van der Waals surface area contributed by atoms with Crippen molar-refractivity contribution in [3.63, 3.8) is 0 Å². The summed E-state index contributed by atoms with van der Waals surface area (Å²) in [4.78, 5) is 12.0. The highest BCUT2D eigenvalue weighted by Gasteiger charge is 2.35. The van der Waals surface area contributed by atoms with E-state index in [4.69, 9.17) is 14.2 Å². The van der Waals surface area contributed by atoms with Crippen LogP contribution < -0.4 is 9.47 Å². The van der Waals surface area contributed by atoms with Crippen molar-refractivity contribution in [3.8, 4) is 11.5 Å². The maximum Gasteiger partial charge on any atom is 0.308 e. The minimum Gasteiger partial charge on any atom is -0.493 e. The van der Waals surface area contributed by atoms with Crippen LogP contribution in [0.25, 0.3) is 0 Å².